The Balaban J connectivity index is 1.60. The fourth-order valence-corrected chi connectivity index (χ4v) is 3.15. The van der Waals surface area contributed by atoms with Crippen LogP contribution in [0, 0.1) is 13.8 Å². The Labute approximate surface area is 191 Å². The van der Waals surface area contributed by atoms with Crippen LogP contribution in [-0.4, -0.2) is 17.9 Å². The van der Waals surface area contributed by atoms with Crippen molar-refractivity contribution in [3.05, 3.63) is 87.4 Å². The van der Waals surface area contributed by atoms with Gasteiger partial charge in [-0.15, -0.1) is 0 Å². The third-order valence-corrected chi connectivity index (χ3v) is 5.57. The molecule has 0 spiro atoms. The van der Waals surface area contributed by atoms with Gasteiger partial charge in [0.1, 0.15) is 5.75 Å². The summed E-state index contributed by atoms with van der Waals surface area (Å²) in [7, 11) is 0. The van der Waals surface area contributed by atoms with Crippen LogP contribution in [0.5, 0.6) is 5.75 Å². The van der Waals surface area contributed by atoms with Crippen LogP contribution in [0.25, 0.3) is 0 Å². The second kappa shape index (κ2) is 9.86. The molecule has 0 heterocycles. The molecule has 7 heteroatoms. The lowest BCUT2D eigenvalue weighted by molar-refractivity contribution is -0.122. The van der Waals surface area contributed by atoms with Gasteiger partial charge in [0, 0.05) is 27.0 Å². The minimum absolute atomic E-state index is 0.265. The molecule has 0 aliphatic rings. The number of anilines is 2. The summed E-state index contributed by atoms with van der Waals surface area (Å²) in [4.78, 5) is 24.9. The quantitative estimate of drug-likeness (QED) is 0.459. The van der Waals surface area contributed by atoms with E-state index in [9.17, 15) is 9.59 Å². The van der Waals surface area contributed by atoms with Crippen molar-refractivity contribution < 1.29 is 14.3 Å². The summed E-state index contributed by atoms with van der Waals surface area (Å²) in [5.74, 6) is -0.0998. The highest BCUT2D eigenvalue weighted by Gasteiger charge is 2.16. The van der Waals surface area contributed by atoms with Gasteiger partial charge in [0.15, 0.2) is 6.10 Å². The second-order valence-corrected chi connectivity index (χ2v) is 7.92. The summed E-state index contributed by atoms with van der Waals surface area (Å²) in [6.45, 7) is 5.37. The molecule has 0 bridgehead atoms. The zero-order chi connectivity index (χ0) is 22.5. The average molecular weight is 457 g/mol. The van der Waals surface area contributed by atoms with E-state index in [4.69, 9.17) is 27.9 Å². The molecule has 1 atom stereocenters. The van der Waals surface area contributed by atoms with Gasteiger partial charge in [-0.25, -0.2) is 0 Å². The maximum atomic E-state index is 12.5. The molecular weight excluding hydrogens is 435 g/mol. The molecule has 0 aliphatic carbocycles. The molecule has 2 N–H and O–H groups in total. The lowest BCUT2D eigenvalue weighted by atomic mass is 10.1. The molecule has 0 saturated heterocycles. The number of rotatable bonds is 6. The highest BCUT2D eigenvalue weighted by Crippen LogP contribution is 2.24. The molecule has 2 amide bonds. The number of carbonyl (C=O) groups excluding carboxylic acids is 2. The number of benzene rings is 3. The molecule has 3 aromatic carbocycles. The molecule has 5 nitrogen and oxygen atoms in total. The SMILES string of the molecule is Cc1ccc(NC(=O)C(C)Oc2ccc(C(=O)Nc3cccc(Cl)c3C)cc2)cc1Cl. The van der Waals surface area contributed by atoms with Gasteiger partial charge >= 0.3 is 0 Å². The fourth-order valence-electron chi connectivity index (χ4n) is 2.79. The summed E-state index contributed by atoms with van der Waals surface area (Å²) in [5.41, 5.74) is 3.43. The minimum atomic E-state index is -0.742. The van der Waals surface area contributed by atoms with E-state index in [0.717, 1.165) is 11.1 Å². The highest BCUT2D eigenvalue weighted by atomic mass is 35.5. The van der Waals surface area contributed by atoms with E-state index in [-0.39, 0.29) is 11.8 Å². The summed E-state index contributed by atoms with van der Waals surface area (Å²) in [5, 5.41) is 6.78. The van der Waals surface area contributed by atoms with Crippen molar-refractivity contribution in [1.29, 1.82) is 0 Å². The number of carbonyl (C=O) groups is 2. The van der Waals surface area contributed by atoms with Gasteiger partial charge in [0.2, 0.25) is 0 Å². The van der Waals surface area contributed by atoms with E-state index in [1.165, 1.54) is 0 Å². The van der Waals surface area contributed by atoms with Crippen molar-refractivity contribution in [3.63, 3.8) is 0 Å². The van der Waals surface area contributed by atoms with Crippen LogP contribution in [0.3, 0.4) is 0 Å². The van der Waals surface area contributed by atoms with E-state index in [1.807, 2.05) is 19.9 Å². The Kier molecular flexibility index (Phi) is 7.21. The zero-order valence-electron chi connectivity index (χ0n) is 17.3. The zero-order valence-corrected chi connectivity index (χ0v) is 18.8. The third kappa shape index (κ3) is 5.78. The Hall–Kier alpha value is -3.02. The number of hydrogen-bond donors (Lipinski definition) is 2. The largest absolute Gasteiger partial charge is 0.481 e. The van der Waals surface area contributed by atoms with E-state index >= 15 is 0 Å². The molecule has 0 radical (unpaired) electrons. The van der Waals surface area contributed by atoms with Gasteiger partial charge in [0.25, 0.3) is 11.8 Å². The predicted octanol–water partition coefficient (Wildman–Crippen LogP) is 6.27. The lowest BCUT2D eigenvalue weighted by Gasteiger charge is -2.15. The number of nitrogens with one attached hydrogen (secondary N) is 2. The Bertz CT molecular complexity index is 1110. The molecule has 0 aromatic heterocycles. The van der Waals surface area contributed by atoms with Crippen LogP contribution < -0.4 is 15.4 Å². The Morgan fingerprint density at radius 1 is 0.903 bits per heavy atom. The molecule has 3 aromatic rings. The van der Waals surface area contributed by atoms with E-state index < -0.39 is 6.10 Å². The lowest BCUT2D eigenvalue weighted by Crippen LogP contribution is -2.30. The number of amides is 2. The molecule has 3 rings (SSSR count). The maximum Gasteiger partial charge on any atom is 0.265 e. The van der Waals surface area contributed by atoms with Gasteiger partial charge in [-0.05, 0) is 80.4 Å². The summed E-state index contributed by atoms with van der Waals surface area (Å²) < 4.78 is 5.70. The molecule has 1 unspecified atom stereocenters. The summed E-state index contributed by atoms with van der Waals surface area (Å²) in [6.07, 6.45) is -0.742. The van der Waals surface area contributed by atoms with Crippen LogP contribution in [0.2, 0.25) is 10.0 Å². The Morgan fingerprint density at radius 2 is 1.61 bits per heavy atom. The molecular formula is C24H22Cl2N2O3. The number of aryl methyl sites for hydroxylation is 1. The van der Waals surface area contributed by atoms with Crippen LogP contribution in [0.1, 0.15) is 28.4 Å². The second-order valence-electron chi connectivity index (χ2n) is 7.10. The summed E-state index contributed by atoms with van der Waals surface area (Å²) >= 11 is 12.2. The van der Waals surface area contributed by atoms with E-state index in [2.05, 4.69) is 10.6 Å². The van der Waals surface area contributed by atoms with Gasteiger partial charge in [-0.1, -0.05) is 35.3 Å². The van der Waals surface area contributed by atoms with Crippen molar-refractivity contribution in [2.45, 2.75) is 26.9 Å². The highest BCUT2D eigenvalue weighted by molar-refractivity contribution is 6.32. The van der Waals surface area contributed by atoms with Crippen molar-refractivity contribution in [2.75, 3.05) is 10.6 Å². The maximum absolute atomic E-state index is 12.5. The smallest absolute Gasteiger partial charge is 0.265 e. The van der Waals surface area contributed by atoms with Crippen molar-refractivity contribution in [3.8, 4) is 5.75 Å². The number of hydrogen-bond acceptors (Lipinski definition) is 3. The molecule has 31 heavy (non-hydrogen) atoms. The third-order valence-electron chi connectivity index (χ3n) is 4.75. The minimum Gasteiger partial charge on any atom is -0.481 e. The van der Waals surface area contributed by atoms with Crippen molar-refractivity contribution in [1.82, 2.24) is 0 Å². The van der Waals surface area contributed by atoms with Gasteiger partial charge in [-0.2, -0.15) is 0 Å². The number of halogens is 2. The average Bonchev–Trinajstić information content (AvgIpc) is 2.74. The first-order valence-electron chi connectivity index (χ1n) is 9.65. The number of ether oxygens (including phenoxy) is 1. The fraction of sp³-hybridized carbons (Fsp3) is 0.167. The first-order valence-corrected chi connectivity index (χ1v) is 10.4. The van der Waals surface area contributed by atoms with Crippen LogP contribution in [0.4, 0.5) is 11.4 Å². The van der Waals surface area contributed by atoms with Crippen LogP contribution in [-0.2, 0) is 4.79 Å². The standard InChI is InChI=1S/C24H22Cl2N2O3/c1-14-7-10-18(13-21(14)26)27-23(29)16(3)31-19-11-8-17(9-12-19)24(30)28-22-6-4-5-20(25)15(22)2/h4-13,16H,1-3H3,(H,27,29)(H,28,30). The summed E-state index contributed by atoms with van der Waals surface area (Å²) in [6, 6.07) is 17.2. The van der Waals surface area contributed by atoms with Crippen molar-refractivity contribution >= 4 is 46.4 Å². The van der Waals surface area contributed by atoms with Crippen LogP contribution in [0.15, 0.2) is 60.7 Å². The van der Waals surface area contributed by atoms with E-state index in [0.29, 0.717) is 32.7 Å². The van der Waals surface area contributed by atoms with Crippen LogP contribution >= 0.6 is 23.2 Å². The van der Waals surface area contributed by atoms with Gasteiger partial charge in [0.05, 0.1) is 0 Å². The normalized spacial score (nSPS) is 11.5. The Morgan fingerprint density at radius 3 is 2.29 bits per heavy atom. The van der Waals surface area contributed by atoms with E-state index in [1.54, 1.807) is 61.5 Å². The first-order chi connectivity index (χ1) is 14.7. The molecule has 0 saturated carbocycles. The predicted molar refractivity (Wildman–Crippen MR) is 125 cm³/mol. The van der Waals surface area contributed by atoms with Crippen molar-refractivity contribution in [2.24, 2.45) is 0 Å². The molecule has 0 fully saturated rings. The molecule has 160 valence electrons. The van der Waals surface area contributed by atoms with Gasteiger partial charge in [-0.3, -0.25) is 9.59 Å². The monoisotopic (exact) mass is 456 g/mol. The molecule has 0 aliphatic heterocycles. The first kappa shape index (κ1) is 22.7. The van der Waals surface area contributed by atoms with Gasteiger partial charge < -0.3 is 15.4 Å². The topological polar surface area (TPSA) is 67.4 Å².